The van der Waals surface area contributed by atoms with Crippen molar-refractivity contribution in [3.05, 3.63) is 18.2 Å². The summed E-state index contributed by atoms with van der Waals surface area (Å²) in [6, 6.07) is 5.29. The van der Waals surface area contributed by atoms with Crippen molar-refractivity contribution in [3.8, 4) is 5.75 Å². The van der Waals surface area contributed by atoms with Crippen LogP contribution in [0, 0.1) is 0 Å². The number of Topliss-reactive ketones (excluding diaryl/α,β-unsaturated/α-hetero) is 1. The molecule has 1 unspecified atom stereocenters. The Hall–Kier alpha value is -2.08. The van der Waals surface area contributed by atoms with Crippen molar-refractivity contribution in [2.75, 3.05) is 42.6 Å². The molecule has 1 aromatic rings. The number of ketones is 1. The van der Waals surface area contributed by atoms with Gasteiger partial charge in [-0.2, -0.15) is 0 Å². The maximum atomic E-state index is 12.4. The van der Waals surface area contributed by atoms with Gasteiger partial charge in [0.2, 0.25) is 0 Å². The van der Waals surface area contributed by atoms with E-state index in [0.29, 0.717) is 5.75 Å². The van der Waals surface area contributed by atoms with Crippen molar-refractivity contribution in [2.24, 2.45) is 0 Å². The van der Waals surface area contributed by atoms with Gasteiger partial charge in [0.25, 0.3) is 5.91 Å². The van der Waals surface area contributed by atoms with Crippen molar-refractivity contribution in [3.63, 3.8) is 0 Å². The lowest BCUT2D eigenvalue weighted by atomic mass is 10.1. The Labute approximate surface area is 130 Å². The average Bonchev–Trinajstić information content (AvgIpc) is 2.54. The second-order valence-corrected chi connectivity index (χ2v) is 5.70. The Morgan fingerprint density at radius 2 is 2.05 bits per heavy atom. The molecule has 1 fully saturated rings. The van der Waals surface area contributed by atoms with Gasteiger partial charge in [-0.3, -0.25) is 14.5 Å². The summed E-state index contributed by atoms with van der Waals surface area (Å²) >= 11 is 0. The molecule has 1 aromatic carbocycles. The fourth-order valence-electron chi connectivity index (χ4n) is 2.96. The van der Waals surface area contributed by atoms with Gasteiger partial charge in [0.15, 0.2) is 12.4 Å². The molecule has 6 nitrogen and oxygen atoms in total. The van der Waals surface area contributed by atoms with Gasteiger partial charge in [-0.05, 0) is 26.0 Å². The Morgan fingerprint density at radius 1 is 1.32 bits per heavy atom. The molecular weight excluding hydrogens is 282 g/mol. The first-order valence-electron chi connectivity index (χ1n) is 7.63. The third kappa shape index (κ3) is 2.54. The minimum atomic E-state index is -0.487. The summed E-state index contributed by atoms with van der Waals surface area (Å²) in [7, 11) is 0. The van der Waals surface area contributed by atoms with E-state index in [1.54, 1.807) is 11.8 Å². The van der Waals surface area contributed by atoms with E-state index < -0.39 is 6.04 Å². The number of fused-ring (bicyclic) bond motifs is 1. The second-order valence-electron chi connectivity index (χ2n) is 5.70. The number of amides is 1. The lowest BCUT2D eigenvalue weighted by Gasteiger charge is -2.38. The molecule has 0 bridgehead atoms. The summed E-state index contributed by atoms with van der Waals surface area (Å²) in [6.07, 6.45) is 0. The molecule has 0 spiro atoms. The maximum absolute atomic E-state index is 12.4. The number of carbonyl (C=O) groups is 2. The number of ether oxygens (including phenoxy) is 1. The predicted octanol–water partition coefficient (Wildman–Crippen LogP) is 0.799. The van der Waals surface area contributed by atoms with E-state index in [1.165, 1.54) is 6.92 Å². The highest BCUT2D eigenvalue weighted by Gasteiger charge is 2.34. The van der Waals surface area contributed by atoms with Crippen LogP contribution in [0.25, 0.3) is 0 Å². The highest BCUT2D eigenvalue weighted by molar-refractivity contribution is 6.06. The van der Waals surface area contributed by atoms with E-state index in [4.69, 9.17) is 4.74 Å². The van der Waals surface area contributed by atoms with Gasteiger partial charge in [0.1, 0.15) is 11.4 Å². The standard InChI is InChI=1S/C16H21N3O3/c1-11(12(2)20)19-15(21)10-22-14-5-3-4-13(16(14)19)18-8-6-17-7-9-18/h3-5,11,17H,6-10H2,1-2H3. The van der Waals surface area contributed by atoms with E-state index in [9.17, 15) is 9.59 Å². The van der Waals surface area contributed by atoms with E-state index in [2.05, 4.69) is 10.2 Å². The summed E-state index contributed by atoms with van der Waals surface area (Å²) in [5.74, 6) is 0.470. The molecule has 0 aliphatic carbocycles. The topological polar surface area (TPSA) is 61.9 Å². The highest BCUT2D eigenvalue weighted by atomic mass is 16.5. The first kappa shape index (κ1) is 14.8. The number of hydrogen-bond donors (Lipinski definition) is 1. The molecule has 22 heavy (non-hydrogen) atoms. The number of piperazine rings is 1. The van der Waals surface area contributed by atoms with Crippen molar-refractivity contribution < 1.29 is 14.3 Å². The molecule has 0 radical (unpaired) electrons. The van der Waals surface area contributed by atoms with E-state index in [1.807, 2.05) is 18.2 Å². The Morgan fingerprint density at radius 3 is 2.73 bits per heavy atom. The molecule has 1 amide bonds. The quantitative estimate of drug-likeness (QED) is 0.895. The number of nitrogens with one attached hydrogen (secondary N) is 1. The second kappa shape index (κ2) is 5.96. The van der Waals surface area contributed by atoms with Crippen LogP contribution in [0.15, 0.2) is 18.2 Å². The number of anilines is 2. The first-order chi connectivity index (χ1) is 10.6. The molecule has 1 atom stereocenters. The lowest BCUT2D eigenvalue weighted by Crippen LogP contribution is -2.49. The van der Waals surface area contributed by atoms with Gasteiger partial charge < -0.3 is 15.0 Å². The fraction of sp³-hybridized carbons (Fsp3) is 0.500. The largest absolute Gasteiger partial charge is 0.481 e. The molecule has 2 heterocycles. The molecular formula is C16H21N3O3. The highest BCUT2D eigenvalue weighted by Crippen LogP contribution is 2.41. The third-order valence-electron chi connectivity index (χ3n) is 4.27. The number of nitrogens with zero attached hydrogens (tertiary/aromatic N) is 2. The average molecular weight is 303 g/mol. The molecule has 2 aliphatic rings. The molecule has 6 heteroatoms. The van der Waals surface area contributed by atoms with E-state index >= 15 is 0 Å². The number of para-hydroxylation sites is 1. The fourth-order valence-corrected chi connectivity index (χ4v) is 2.96. The zero-order chi connectivity index (χ0) is 15.7. The Bertz CT molecular complexity index is 596. The van der Waals surface area contributed by atoms with Crippen molar-refractivity contribution in [1.29, 1.82) is 0 Å². The van der Waals surface area contributed by atoms with Crippen LogP contribution in [-0.2, 0) is 9.59 Å². The zero-order valence-corrected chi connectivity index (χ0v) is 13.0. The van der Waals surface area contributed by atoms with Crippen molar-refractivity contribution >= 4 is 23.1 Å². The maximum Gasteiger partial charge on any atom is 0.265 e. The molecule has 118 valence electrons. The number of carbonyl (C=O) groups excluding carboxylic acids is 2. The molecule has 2 aliphatic heterocycles. The smallest absolute Gasteiger partial charge is 0.265 e. The minimum absolute atomic E-state index is 0.0182. The first-order valence-corrected chi connectivity index (χ1v) is 7.63. The minimum Gasteiger partial charge on any atom is -0.481 e. The Kier molecular flexibility index (Phi) is 4.02. The zero-order valence-electron chi connectivity index (χ0n) is 13.0. The molecule has 0 aromatic heterocycles. The van der Waals surface area contributed by atoms with Crippen LogP contribution >= 0.6 is 0 Å². The SMILES string of the molecule is CC(=O)C(C)N1C(=O)COc2cccc(N3CCNCC3)c21. The van der Waals surface area contributed by atoms with Gasteiger partial charge in [0.05, 0.1) is 11.7 Å². The van der Waals surface area contributed by atoms with Crippen molar-refractivity contribution in [2.45, 2.75) is 19.9 Å². The number of hydrogen-bond acceptors (Lipinski definition) is 5. The monoisotopic (exact) mass is 303 g/mol. The summed E-state index contributed by atoms with van der Waals surface area (Å²) in [5, 5.41) is 3.32. The molecule has 0 saturated carbocycles. The molecule has 3 rings (SSSR count). The van der Waals surface area contributed by atoms with Crippen LogP contribution in [0.2, 0.25) is 0 Å². The van der Waals surface area contributed by atoms with Crippen LogP contribution < -0.4 is 19.9 Å². The van der Waals surface area contributed by atoms with Crippen LogP contribution in [0.3, 0.4) is 0 Å². The predicted molar refractivity (Wildman–Crippen MR) is 84.6 cm³/mol. The summed E-state index contributed by atoms with van der Waals surface area (Å²) < 4.78 is 5.58. The van der Waals surface area contributed by atoms with Gasteiger partial charge in [-0.25, -0.2) is 0 Å². The van der Waals surface area contributed by atoms with Crippen LogP contribution in [0.1, 0.15) is 13.8 Å². The van der Waals surface area contributed by atoms with Crippen LogP contribution in [0.5, 0.6) is 5.75 Å². The Balaban J connectivity index is 2.07. The number of benzene rings is 1. The number of rotatable bonds is 3. The summed E-state index contributed by atoms with van der Waals surface area (Å²) in [4.78, 5) is 28.0. The summed E-state index contributed by atoms with van der Waals surface area (Å²) in [5.41, 5.74) is 1.68. The van der Waals surface area contributed by atoms with Gasteiger partial charge >= 0.3 is 0 Å². The van der Waals surface area contributed by atoms with Crippen molar-refractivity contribution in [1.82, 2.24) is 5.32 Å². The third-order valence-corrected chi connectivity index (χ3v) is 4.27. The molecule has 1 saturated heterocycles. The van der Waals surface area contributed by atoms with E-state index in [0.717, 1.165) is 37.6 Å². The molecule has 1 N–H and O–H groups in total. The summed E-state index contributed by atoms with van der Waals surface area (Å²) in [6.45, 7) is 6.81. The van der Waals surface area contributed by atoms with E-state index in [-0.39, 0.29) is 18.3 Å². The van der Waals surface area contributed by atoms with Gasteiger partial charge in [-0.1, -0.05) is 6.07 Å². The van der Waals surface area contributed by atoms with Crippen LogP contribution in [-0.4, -0.2) is 50.5 Å². The normalized spacial score (nSPS) is 19.5. The van der Waals surface area contributed by atoms with Gasteiger partial charge in [-0.15, -0.1) is 0 Å². The lowest BCUT2D eigenvalue weighted by molar-refractivity contribution is -0.125. The van der Waals surface area contributed by atoms with Gasteiger partial charge in [0, 0.05) is 26.2 Å². The van der Waals surface area contributed by atoms with Crippen LogP contribution in [0.4, 0.5) is 11.4 Å².